The zero-order valence-corrected chi connectivity index (χ0v) is 27.4. The Hall–Kier alpha value is -5.79. The van der Waals surface area contributed by atoms with Gasteiger partial charge in [0.2, 0.25) is 11.9 Å². The molecule has 3 amide bonds. The second-order valence-corrected chi connectivity index (χ2v) is 12.6. The maximum Gasteiger partial charge on any atom is 0.270 e. The molecule has 1 saturated heterocycles. The molecule has 252 valence electrons. The number of fused-ring (bicyclic) bond motifs is 2. The number of amides is 3. The first-order valence-corrected chi connectivity index (χ1v) is 16.4. The molecule has 2 N–H and O–H groups in total. The van der Waals surface area contributed by atoms with Gasteiger partial charge in [0.15, 0.2) is 12.4 Å². The molecule has 2 aliphatic heterocycles. The summed E-state index contributed by atoms with van der Waals surface area (Å²) in [5.74, 6) is 0.572. The van der Waals surface area contributed by atoms with Gasteiger partial charge in [0, 0.05) is 69.5 Å². The SMILES string of the molecule is CN(C)C(=O)c1cc2cnc(Nc3ccc(N4CCN(C(=O)/C=C/C(=O)c5ccc6c(c5)NC(=O)CO6)CC4)cn3)nc2n1C1CCCC1. The molecular weight excluding hydrogens is 626 g/mol. The third-order valence-corrected chi connectivity index (χ3v) is 9.11. The van der Waals surface area contributed by atoms with Crippen molar-refractivity contribution in [1.82, 2.24) is 29.3 Å². The molecule has 0 atom stereocenters. The van der Waals surface area contributed by atoms with Gasteiger partial charge in [-0.2, -0.15) is 4.98 Å². The number of carbonyl (C=O) groups is 4. The van der Waals surface area contributed by atoms with Crippen molar-refractivity contribution in [3.05, 3.63) is 72.2 Å². The number of aromatic nitrogens is 4. The van der Waals surface area contributed by atoms with Crippen LogP contribution in [0.2, 0.25) is 0 Å². The maximum atomic E-state index is 13.0. The summed E-state index contributed by atoms with van der Waals surface area (Å²) in [7, 11) is 3.52. The molecule has 14 nitrogen and oxygen atoms in total. The van der Waals surface area contributed by atoms with Crippen LogP contribution in [0, 0.1) is 0 Å². The van der Waals surface area contributed by atoms with E-state index in [9.17, 15) is 19.2 Å². The van der Waals surface area contributed by atoms with Crippen molar-refractivity contribution in [2.45, 2.75) is 31.7 Å². The Morgan fingerprint density at radius 3 is 2.51 bits per heavy atom. The normalized spacial score (nSPS) is 16.4. The monoisotopic (exact) mass is 663 g/mol. The molecule has 0 radical (unpaired) electrons. The summed E-state index contributed by atoms with van der Waals surface area (Å²) in [5.41, 5.74) is 3.07. The first kappa shape index (κ1) is 31.8. The van der Waals surface area contributed by atoms with Crippen molar-refractivity contribution < 1.29 is 23.9 Å². The third kappa shape index (κ3) is 6.66. The largest absolute Gasteiger partial charge is 0.482 e. The minimum absolute atomic E-state index is 0.0520. The van der Waals surface area contributed by atoms with E-state index in [0.29, 0.717) is 60.6 Å². The molecule has 5 heterocycles. The quantitative estimate of drug-likeness (QED) is 0.210. The van der Waals surface area contributed by atoms with Gasteiger partial charge < -0.3 is 34.6 Å². The highest BCUT2D eigenvalue weighted by atomic mass is 16.5. The maximum absolute atomic E-state index is 13.0. The second-order valence-electron chi connectivity index (χ2n) is 12.6. The molecule has 3 aromatic heterocycles. The second kappa shape index (κ2) is 13.4. The minimum Gasteiger partial charge on any atom is -0.482 e. The predicted molar refractivity (Wildman–Crippen MR) is 183 cm³/mol. The van der Waals surface area contributed by atoms with Gasteiger partial charge in [-0.25, -0.2) is 9.97 Å². The van der Waals surface area contributed by atoms with E-state index in [1.807, 2.05) is 18.2 Å². The van der Waals surface area contributed by atoms with Crippen molar-refractivity contribution >= 4 is 57.7 Å². The van der Waals surface area contributed by atoms with E-state index in [-0.39, 0.29) is 36.2 Å². The molecule has 0 spiro atoms. The lowest BCUT2D eigenvalue weighted by molar-refractivity contribution is -0.126. The number of benzene rings is 1. The fourth-order valence-corrected chi connectivity index (χ4v) is 6.53. The van der Waals surface area contributed by atoms with E-state index < -0.39 is 0 Å². The van der Waals surface area contributed by atoms with E-state index in [1.165, 1.54) is 12.2 Å². The molecule has 2 fully saturated rings. The standard InChI is InChI=1S/C35H37N9O5/c1-41(2)34(48)27-18-23-19-37-35(40-33(23)44(27)24-5-3-4-6-24)39-30-11-8-25(20-36-30)42-13-15-43(16-14-42)32(47)12-9-28(45)22-7-10-29-26(17-22)38-31(46)21-49-29/h7-12,17-20,24H,3-6,13-16,21H2,1-2H3,(H,38,46)(H,36,37,39,40)/b12-9+. The first-order chi connectivity index (χ1) is 23.7. The zero-order chi connectivity index (χ0) is 34.1. The van der Waals surface area contributed by atoms with Crippen LogP contribution in [0.25, 0.3) is 11.0 Å². The van der Waals surface area contributed by atoms with E-state index in [4.69, 9.17) is 9.72 Å². The summed E-state index contributed by atoms with van der Waals surface area (Å²) >= 11 is 0. The van der Waals surface area contributed by atoms with Gasteiger partial charge in [-0.05, 0) is 55.3 Å². The average molecular weight is 664 g/mol. The lowest BCUT2D eigenvalue weighted by atomic mass is 10.1. The van der Waals surface area contributed by atoms with Gasteiger partial charge in [-0.3, -0.25) is 19.2 Å². The van der Waals surface area contributed by atoms with Crippen LogP contribution >= 0.6 is 0 Å². The van der Waals surface area contributed by atoms with Crippen LogP contribution in [0.3, 0.4) is 0 Å². The Morgan fingerprint density at radius 2 is 1.78 bits per heavy atom. The van der Waals surface area contributed by atoms with Crippen LogP contribution in [-0.2, 0) is 9.59 Å². The molecule has 7 rings (SSSR count). The number of piperazine rings is 1. The third-order valence-electron chi connectivity index (χ3n) is 9.11. The highest BCUT2D eigenvalue weighted by Crippen LogP contribution is 2.35. The molecule has 0 unspecified atom stereocenters. The number of carbonyl (C=O) groups excluding carboxylic acids is 4. The number of ketones is 1. The van der Waals surface area contributed by atoms with Crippen molar-refractivity contribution in [1.29, 1.82) is 0 Å². The summed E-state index contributed by atoms with van der Waals surface area (Å²) in [6.07, 6.45) is 10.4. The van der Waals surface area contributed by atoms with E-state index in [2.05, 4.69) is 30.1 Å². The van der Waals surface area contributed by atoms with Gasteiger partial charge in [-0.1, -0.05) is 12.8 Å². The van der Waals surface area contributed by atoms with Gasteiger partial charge in [0.1, 0.15) is 22.9 Å². The number of pyridine rings is 1. The lowest BCUT2D eigenvalue weighted by Gasteiger charge is -2.35. The summed E-state index contributed by atoms with van der Waals surface area (Å²) < 4.78 is 7.42. The molecule has 1 saturated carbocycles. The minimum atomic E-state index is -0.341. The number of hydrogen-bond acceptors (Lipinski definition) is 10. The smallest absolute Gasteiger partial charge is 0.270 e. The van der Waals surface area contributed by atoms with Crippen molar-refractivity contribution in [3.8, 4) is 5.75 Å². The fourth-order valence-electron chi connectivity index (χ4n) is 6.53. The summed E-state index contributed by atoms with van der Waals surface area (Å²) in [6.45, 7) is 2.14. The van der Waals surface area contributed by atoms with E-state index in [0.717, 1.165) is 42.4 Å². The summed E-state index contributed by atoms with van der Waals surface area (Å²) in [6, 6.07) is 10.7. The van der Waals surface area contributed by atoms with Crippen molar-refractivity contribution in [2.24, 2.45) is 0 Å². The molecule has 49 heavy (non-hydrogen) atoms. The molecule has 14 heteroatoms. The van der Waals surface area contributed by atoms with Gasteiger partial charge in [0.25, 0.3) is 11.8 Å². The summed E-state index contributed by atoms with van der Waals surface area (Å²) in [4.78, 5) is 69.5. The van der Waals surface area contributed by atoms with Crippen LogP contribution in [0.15, 0.2) is 60.9 Å². The number of nitrogens with zero attached hydrogens (tertiary/aromatic N) is 7. The topological polar surface area (TPSA) is 155 Å². The zero-order valence-electron chi connectivity index (χ0n) is 27.4. The predicted octanol–water partition coefficient (Wildman–Crippen LogP) is 3.81. The van der Waals surface area contributed by atoms with Gasteiger partial charge in [-0.15, -0.1) is 0 Å². The van der Waals surface area contributed by atoms with Gasteiger partial charge in [0.05, 0.1) is 17.6 Å². The Morgan fingerprint density at radius 1 is 0.980 bits per heavy atom. The van der Waals surface area contributed by atoms with Crippen LogP contribution in [0.4, 0.5) is 23.1 Å². The molecule has 0 bridgehead atoms. The van der Waals surface area contributed by atoms with Crippen molar-refractivity contribution in [2.75, 3.05) is 62.4 Å². The fraction of sp³-hybridized carbons (Fsp3) is 0.343. The Balaban J connectivity index is 0.958. The van der Waals surface area contributed by atoms with E-state index in [1.54, 1.807) is 54.5 Å². The molecular formula is C35H37N9O5. The number of anilines is 4. The molecule has 4 aromatic rings. The average Bonchev–Trinajstić information content (AvgIpc) is 3.78. The number of hydrogen-bond donors (Lipinski definition) is 2. The molecule has 1 aliphatic carbocycles. The Bertz CT molecular complexity index is 1960. The van der Waals surface area contributed by atoms with Crippen LogP contribution in [0.5, 0.6) is 5.75 Å². The van der Waals surface area contributed by atoms with Crippen LogP contribution in [-0.4, -0.2) is 99.7 Å². The first-order valence-electron chi connectivity index (χ1n) is 16.4. The number of nitrogens with one attached hydrogen (secondary N) is 2. The molecule has 1 aromatic carbocycles. The van der Waals surface area contributed by atoms with Crippen molar-refractivity contribution in [3.63, 3.8) is 0 Å². The highest BCUT2D eigenvalue weighted by molar-refractivity contribution is 6.09. The van der Waals surface area contributed by atoms with Crippen LogP contribution in [0.1, 0.15) is 52.6 Å². The number of ether oxygens (including phenoxy) is 1. The molecule has 3 aliphatic rings. The number of rotatable bonds is 8. The van der Waals surface area contributed by atoms with Crippen LogP contribution < -0.4 is 20.3 Å². The summed E-state index contributed by atoms with van der Waals surface area (Å²) in [5, 5.41) is 6.71. The van der Waals surface area contributed by atoms with E-state index >= 15 is 0 Å². The highest BCUT2D eigenvalue weighted by Gasteiger charge is 2.27. The Kier molecular flexibility index (Phi) is 8.68. The Labute approximate surface area is 282 Å². The lowest BCUT2D eigenvalue weighted by Crippen LogP contribution is -2.48. The van der Waals surface area contributed by atoms with Gasteiger partial charge >= 0.3 is 0 Å². The number of allylic oxidation sites excluding steroid dienone is 1.